The normalized spacial score (nSPS) is 15.7. The van der Waals surface area contributed by atoms with E-state index in [-0.39, 0.29) is 11.7 Å². The summed E-state index contributed by atoms with van der Waals surface area (Å²) in [4.78, 5) is 38.4. The molecule has 7 nitrogen and oxygen atoms in total. The van der Waals surface area contributed by atoms with E-state index >= 15 is 0 Å². The smallest absolute Gasteiger partial charge is 0.335 e. The molecular weight excluding hydrogens is 440 g/mol. The lowest BCUT2D eigenvalue weighted by Gasteiger charge is -2.26. The zero-order valence-electron chi connectivity index (χ0n) is 16.1. The van der Waals surface area contributed by atoms with Crippen molar-refractivity contribution in [1.29, 1.82) is 0 Å². The topological polar surface area (TPSA) is 84.9 Å². The summed E-state index contributed by atoms with van der Waals surface area (Å²) in [5, 5.41) is 2.20. The number of imide groups is 2. The average molecular weight is 459 g/mol. The highest BCUT2D eigenvalue weighted by Crippen LogP contribution is 2.29. The number of nitrogens with zero attached hydrogens (tertiary/aromatic N) is 1. The fourth-order valence-corrected chi connectivity index (χ4v) is 3.24. The summed E-state index contributed by atoms with van der Waals surface area (Å²) in [6.07, 6.45) is 1.44. The zero-order valence-corrected chi connectivity index (χ0v) is 17.6. The molecule has 3 rings (SSSR count). The number of hydrogen-bond acceptors (Lipinski definition) is 5. The van der Waals surface area contributed by atoms with E-state index in [0.717, 1.165) is 4.90 Å². The van der Waals surface area contributed by atoms with E-state index in [2.05, 4.69) is 21.2 Å². The fraction of sp³-hybridized carbons (Fsp3) is 0.190. The highest BCUT2D eigenvalue weighted by Gasteiger charge is 2.36. The fourth-order valence-electron chi connectivity index (χ4n) is 2.75. The van der Waals surface area contributed by atoms with Gasteiger partial charge in [0.1, 0.15) is 17.1 Å². The largest absolute Gasteiger partial charge is 0.497 e. The molecule has 4 amide bonds. The number of methoxy groups -OCH3 is 1. The molecule has 1 fully saturated rings. The van der Waals surface area contributed by atoms with Gasteiger partial charge >= 0.3 is 6.03 Å². The summed E-state index contributed by atoms with van der Waals surface area (Å²) >= 11 is 3.43. The number of urea groups is 1. The summed E-state index contributed by atoms with van der Waals surface area (Å²) in [6, 6.07) is 10.8. The predicted octanol–water partition coefficient (Wildman–Crippen LogP) is 3.91. The Hall–Kier alpha value is -3.13. The summed E-state index contributed by atoms with van der Waals surface area (Å²) in [7, 11) is 1.52. The average Bonchev–Trinajstić information content (AvgIpc) is 2.67. The van der Waals surface area contributed by atoms with Gasteiger partial charge in [0.25, 0.3) is 11.8 Å². The van der Waals surface area contributed by atoms with Crippen LogP contribution in [0.1, 0.15) is 19.4 Å². The Labute approximate surface area is 176 Å². The van der Waals surface area contributed by atoms with Gasteiger partial charge < -0.3 is 9.47 Å². The van der Waals surface area contributed by atoms with Crippen LogP contribution in [-0.4, -0.2) is 31.1 Å². The Morgan fingerprint density at radius 3 is 2.34 bits per heavy atom. The van der Waals surface area contributed by atoms with Crippen LogP contribution in [0, 0.1) is 0 Å². The lowest BCUT2D eigenvalue weighted by Crippen LogP contribution is -2.54. The molecule has 2 aromatic rings. The van der Waals surface area contributed by atoms with E-state index in [9.17, 15) is 14.4 Å². The van der Waals surface area contributed by atoms with Crippen molar-refractivity contribution in [2.24, 2.45) is 0 Å². The Morgan fingerprint density at radius 1 is 1.07 bits per heavy atom. The predicted molar refractivity (Wildman–Crippen MR) is 112 cm³/mol. The molecule has 0 unspecified atom stereocenters. The summed E-state index contributed by atoms with van der Waals surface area (Å²) in [5.41, 5.74) is 0.786. The molecule has 1 N–H and O–H groups in total. The van der Waals surface area contributed by atoms with Crippen molar-refractivity contribution in [2.75, 3.05) is 12.0 Å². The molecule has 0 saturated carbocycles. The third-order valence-corrected chi connectivity index (χ3v) is 4.68. The SMILES string of the molecule is COc1ccc(N2C(=O)NC(=O)/C(=C\c3ccc(OC(C)C)c(Br)c3)C2=O)cc1. The standard InChI is InChI=1S/C21H19BrN2O5/c1-12(2)29-18-9-4-13(11-17(18)22)10-16-19(25)23-21(27)24(20(16)26)14-5-7-15(28-3)8-6-14/h4-12H,1-3H3,(H,23,25,27)/b16-10+. The first-order valence-electron chi connectivity index (χ1n) is 8.82. The number of barbiturate groups is 1. The number of carbonyl (C=O) groups is 3. The first kappa shape index (κ1) is 20.6. The molecule has 8 heteroatoms. The molecule has 0 spiro atoms. The minimum Gasteiger partial charge on any atom is -0.497 e. The lowest BCUT2D eigenvalue weighted by atomic mass is 10.1. The van der Waals surface area contributed by atoms with Gasteiger partial charge in [0.05, 0.1) is 23.4 Å². The number of carbonyl (C=O) groups excluding carboxylic acids is 3. The van der Waals surface area contributed by atoms with Crippen LogP contribution in [0.25, 0.3) is 6.08 Å². The number of halogens is 1. The molecule has 1 heterocycles. The number of hydrogen-bond donors (Lipinski definition) is 1. The first-order chi connectivity index (χ1) is 13.8. The number of rotatable bonds is 5. The van der Waals surface area contributed by atoms with Crippen molar-refractivity contribution in [1.82, 2.24) is 5.32 Å². The van der Waals surface area contributed by atoms with Gasteiger partial charge in [-0.25, -0.2) is 9.69 Å². The molecule has 0 aliphatic carbocycles. The number of benzene rings is 2. The van der Waals surface area contributed by atoms with E-state index < -0.39 is 17.8 Å². The third-order valence-electron chi connectivity index (χ3n) is 4.06. The second-order valence-corrected chi connectivity index (χ2v) is 7.37. The maximum atomic E-state index is 12.9. The van der Waals surface area contributed by atoms with Crippen molar-refractivity contribution < 1.29 is 23.9 Å². The molecule has 1 saturated heterocycles. The van der Waals surface area contributed by atoms with Gasteiger partial charge in [0, 0.05) is 0 Å². The lowest BCUT2D eigenvalue weighted by molar-refractivity contribution is -0.122. The minimum atomic E-state index is -0.802. The molecule has 0 aromatic heterocycles. The van der Waals surface area contributed by atoms with Crippen LogP contribution < -0.4 is 19.7 Å². The van der Waals surface area contributed by atoms with Gasteiger partial charge in [-0.05, 0) is 77.8 Å². The number of anilines is 1. The molecule has 29 heavy (non-hydrogen) atoms. The van der Waals surface area contributed by atoms with Crippen molar-refractivity contribution in [3.05, 3.63) is 58.1 Å². The monoisotopic (exact) mass is 458 g/mol. The molecule has 1 aliphatic heterocycles. The summed E-state index contributed by atoms with van der Waals surface area (Å²) < 4.78 is 11.4. The van der Waals surface area contributed by atoms with Crippen molar-refractivity contribution in [2.45, 2.75) is 20.0 Å². The highest BCUT2D eigenvalue weighted by molar-refractivity contribution is 9.10. The first-order valence-corrected chi connectivity index (χ1v) is 9.61. The molecule has 0 radical (unpaired) electrons. The minimum absolute atomic E-state index is 0.00488. The zero-order chi connectivity index (χ0) is 21.1. The maximum absolute atomic E-state index is 12.9. The number of ether oxygens (including phenoxy) is 2. The van der Waals surface area contributed by atoms with E-state index in [1.54, 1.807) is 42.5 Å². The Morgan fingerprint density at radius 2 is 1.76 bits per heavy atom. The van der Waals surface area contributed by atoms with E-state index in [4.69, 9.17) is 9.47 Å². The van der Waals surface area contributed by atoms with E-state index in [1.807, 2.05) is 13.8 Å². The summed E-state index contributed by atoms with van der Waals surface area (Å²) in [6.45, 7) is 3.83. The Kier molecular flexibility index (Phi) is 6.03. The maximum Gasteiger partial charge on any atom is 0.335 e. The van der Waals surface area contributed by atoms with Crippen LogP contribution in [0.4, 0.5) is 10.5 Å². The van der Waals surface area contributed by atoms with Crippen molar-refractivity contribution in [3.8, 4) is 11.5 Å². The molecule has 0 atom stereocenters. The Bertz CT molecular complexity index is 999. The number of amides is 4. The number of nitrogens with one attached hydrogen (secondary N) is 1. The second-order valence-electron chi connectivity index (χ2n) is 6.51. The molecule has 150 valence electrons. The van der Waals surface area contributed by atoms with Gasteiger partial charge in [-0.15, -0.1) is 0 Å². The van der Waals surface area contributed by atoms with Crippen LogP contribution in [0.3, 0.4) is 0 Å². The van der Waals surface area contributed by atoms with Crippen LogP contribution in [0.15, 0.2) is 52.5 Å². The van der Waals surface area contributed by atoms with Gasteiger partial charge in [0.2, 0.25) is 0 Å². The highest BCUT2D eigenvalue weighted by atomic mass is 79.9. The van der Waals surface area contributed by atoms with Crippen LogP contribution in [-0.2, 0) is 9.59 Å². The van der Waals surface area contributed by atoms with Crippen molar-refractivity contribution in [3.63, 3.8) is 0 Å². The summed E-state index contributed by atoms with van der Waals surface area (Å²) in [5.74, 6) is -0.221. The molecule has 1 aliphatic rings. The molecule has 0 bridgehead atoms. The third kappa shape index (κ3) is 4.48. The van der Waals surface area contributed by atoms with E-state index in [1.165, 1.54) is 13.2 Å². The van der Waals surface area contributed by atoms with E-state index in [0.29, 0.717) is 27.2 Å². The van der Waals surface area contributed by atoms with Crippen LogP contribution in [0.2, 0.25) is 0 Å². The van der Waals surface area contributed by atoms with Crippen LogP contribution in [0.5, 0.6) is 11.5 Å². The van der Waals surface area contributed by atoms with Gasteiger partial charge in [-0.1, -0.05) is 6.07 Å². The molecule has 2 aromatic carbocycles. The van der Waals surface area contributed by atoms with Gasteiger partial charge in [-0.2, -0.15) is 0 Å². The second kappa shape index (κ2) is 8.48. The van der Waals surface area contributed by atoms with Crippen LogP contribution >= 0.6 is 15.9 Å². The van der Waals surface area contributed by atoms with Gasteiger partial charge in [0.15, 0.2) is 0 Å². The molecular formula is C21H19BrN2O5. The van der Waals surface area contributed by atoms with Crippen molar-refractivity contribution >= 4 is 45.5 Å². The quantitative estimate of drug-likeness (QED) is 0.542. The van der Waals surface area contributed by atoms with Gasteiger partial charge in [-0.3, -0.25) is 14.9 Å². The Balaban J connectivity index is 1.93.